The number of piperazine rings is 1. The zero-order chi connectivity index (χ0) is 23.2. The van der Waals surface area contributed by atoms with E-state index in [9.17, 15) is 14.0 Å². The Morgan fingerprint density at radius 2 is 1.67 bits per heavy atom. The number of carbonyl (C=O) groups excluding carboxylic acids is 2. The summed E-state index contributed by atoms with van der Waals surface area (Å²) in [6, 6.07) is 21.0. The molecule has 3 aromatic rings. The van der Waals surface area contributed by atoms with Gasteiger partial charge in [0, 0.05) is 38.3 Å². The van der Waals surface area contributed by atoms with Crippen LogP contribution >= 0.6 is 0 Å². The van der Waals surface area contributed by atoms with Gasteiger partial charge in [-0.1, -0.05) is 36.4 Å². The Balaban J connectivity index is 1.52. The molecule has 6 nitrogen and oxygen atoms in total. The van der Waals surface area contributed by atoms with Crippen LogP contribution in [0.4, 0.5) is 15.8 Å². The van der Waals surface area contributed by atoms with Crippen molar-refractivity contribution in [1.29, 1.82) is 0 Å². The van der Waals surface area contributed by atoms with Crippen molar-refractivity contribution in [2.24, 2.45) is 0 Å². The van der Waals surface area contributed by atoms with E-state index in [1.54, 1.807) is 18.2 Å². The Hall–Kier alpha value is -3.71. The van der Waals surface area contributed by atoms with Crippen molar-refractivity contribution in [3.63, 3.8) is 0 Å². The van der Waals surface area contributed by atoms with E-state index in [4.69, 9.17) is 4.74 Å². The number of ether oxygens (including phenoxy) is 1. The molecule has 1 amide bonds. The number of anilines is 2. The van der Waals surface area contributed by atoms with E-state index in [1.807, 2.05) is 24.3 Å². The lowest BCUT2D eigenvalue weighted by atomic mass is 10.1. The zero-order valence-electron chi connectivity index (χ0n) is 18.5. The molecule has 4 rings (SSSR count). The zero-order valence-corrected chi connectivity index (χ0v) is 18.5. The highest BCUT2D eigenvalue weighted by Crippen LogP contribution is 2.29. The Bertz CT molecular complexity index is 1130. The normalized spacial score (nSPS) is 14.1. The summed E-state index contributed by atoms with van der Waals surface area (Å²) < 4.78 is 18.4. The molecule has 1 N–H and O–H groups in total. The van der Waals surface area contributed by atoms with Crippen molar-refractivity contribution in [2.75, 3.05) is 43.5 Å². The van der Waals surface area contributed by atoms with Gasteiger partial charge in [0.1, 0.15) is 5.82 Å². The SMILES string of the molecule is COC(=O)c1ccc(N2CCN(Cc3ccccc3)CC2)c(NC(=O)c2cccc(F)c2)c1. The third-order valence-corrected chi connectivity index (χ3v) is 5.71. The van der Waals surface area contributed by atoms with E-state index in [0.29, 0.717) is 11.3 Å². The quantitative estimate of drug-likeness (QED) is 0.575. The molecule has 0 unspecified atom stereocenters. The number of benzene rings is 3. The number of methoxy groups -OCH3 is 1. The number of nitrogens with zero attached hydrogens (tertiary/aromatic N) is 2. The van der Waals surface area contributed by atoms with Gasteiger partial charge in [-0.05, 0) is 42.0 Å². The molecule has 0 aliphatic carbocycles. The summed E-state index contributed by atoms with van der Waals surface area (Å²) in [5, 5.41) is 2.85. The first-order valence-corrected chi connectivity index (χ1v) is 10.8. The maximum Gasteiger partial charge on any atom is 0.337 e. The van der Waals surface area contributed by atoms with Gasteiger partial charge in [0.25, 0.3) is 5.91 Å². The maximum absolute atomic E-state index is 13.6. The summed E-state index contributed by atoms with van der Waals surface area (Å²) >= 11 is 0. The van der Waals surface area contributed by atoms with Crippen molar-refractivity contribution in [1.82, 2.24) is 4.90 Å². The Morgan fingerprint density at radius 1 is 0.909 bits per heavy atom. The molecule has 0 saturated carbocycles. The van der Waals surface area contributed by atoms with Gasteiger partial charge in [-0.2, -0.15) is 0 Å². The third-order valence-electron chi connectivity index (χ3n) is 5.71. The highest BCUT2D eigenvalue weighted by atomic mass is 19.1. The van der Waals surface area contributed by atoms with E-state index >= 15 is 0 Å². The minimum atomic E-state index is -0.490. The molecule has 0 bridgehead atoms. The van der Waals surface area contributed by atoms with Crippen molar-refractivity contribution < 1.29 is 18.7 Å². The van der Waals surface area contributed by atoms with E-state index in [1.165, 1.54) is 30.9 Å². The van der Waals surface area contributed by atoms with Gasteiger partial charge < -0.3 is 15.0 Å². The monoisotopic (exact) mass is 447 g/mol. The Labute approximate surface area is 192 Å². The number of halogens is 1. The van der Waals surface area contributed by atoms with Crippen LogP contribution in [0.2, 0.25) is 0 Å². The van der Waals surface area contributed by atoms with E-state index < -0.39 is 17.7 Å². The van der Waals surface area contributed by atoms with Gasteiger partial charge in [0.05, 0.1) is 24.0 Å². The standard InChI is InChI=1S/C26H26FN3O3/c1-33-26(32)21-10-11-24(23(17-21)28-25(31)20-8-5-9-22(27)16-20)30-14-12-29(13-15-30)18-19-6-3-2-4-7-19/h2-11,16-17H,12-15,18H2,1H3,(H,28,31). The molecule has 170 valence electrons. The molecule has 7 heteroatoms. The van der Waals surface area contributed by atoms with Gasteiger partial charge in [0.15, 0.2) is 0 Å². The average Bonchev–Trinajstić information content (AvgIpc) is 2.85. The topological polar surface area (TPSA) is 61.9 Å². The molecular formula is C26H26FN3O3. The number of rotatable bonds is 6. The number of carbonyl (C=O) groups is 2. The lowest BCUT2D eigenvalue weighted by molar-refractivity contribution is 0.0600. The van der Waals surface area contributed by atoms with Crippen LogP contribution in [0.1, 0.15) is 26.3 Å². The summed E-state index contributed by atoms with van der Waals surface area (Å²) in [7, 11) is 1.31. The maximum atomic E-state index is 13.6. The molecule has 1 aliphatic rings. The molecule has 0 aromatic heterocycles. The number of nitrogens with one attached hydrogen (secondary N) is 1. The first-order valence-electron chi connectivity index (χ1n) is 10.8. The fourth-order valence-corrected chi connectivity index (χ4v) is 3.97. The fraction of sp³-hybridized carbons (Fsp3) is 0.231. The van der Waals surface area contributed by atoms with Crippen molar-refractivity contribution >= 4 is 23.3 Å². The average molecular weight is 448 g/mol. The van der Waals surface area contributed by atoms with Gasteiger partial charge in [-0.3, -0.25) is 9.69 Å². The summed E-state index contributed by atoms with van der Waals surface area (Å²) in [6.07, 6.45) is 0. The molecule has 3 aromatic carbocycles. The molecule has 0 spiro atoms. The van der Waals surface area contributed by atoms with Crippen LogP contribution in [0.5, 0.6) is 0 Å². The van der Waals surface area contributed by atoms with Crippen LogP contribution in [-0.2, 0) is 11.3 Å². The Kier molecular flexibility index (Phi) is 7.00. The van der Waals surface area contributed by atoms with Crippen LogP contribution < -0.4 is 10.2 Å². The number of amides is 1. The van der Waals surface area contributed by atoms with Gasteiger partial charge in [-0.25, -0.2) is 9.18 Å². The van der Waals surface area contributed by atoms with Crippen molar-refractivity contribution in [2.45, 2.75) is 6.54 Å². The molecule has 1 aliphatic heterocycles. The van der Waals surface area contributed by atoms with Gasteiger partial charge >= 0.3 is 5.97 Å². The predicted octanol–water partition coefficient (Wildman–Crippen LogP) is 4.19. The molecule has 0 radical (unpaired) electrons. The third kappa shape index (κ3) is 5.56. The second-order valence-electron chi connectivity index (χ2n) is 7.94. The molecule has 1 fully saturated rings. The van der Waals surface area contributed by atoms with Crippen LogP contribution in [0.25, 0.3) is 0 Å². The van der Waals surface area contributed by atoms with Crippen molar-refractivity contribution in [3.05, 3.63) is 95.3 Å². The summed E-state index contributed by atoms with van der Waals surface area (Å²) in [5.74, 6) is -1.42. The minimum Gasteiger partial charge on any atom is -0.465 e. The van der Waals surface area contributed by atoms with Crippen LogP contribution in [0, 0.1) is 5.82 Å². The predicted molar refractivity (Wildman–Crippen MR) is 126 cm³/mol. The summed E-state index contributed by atoms with van der Waals surface area (Å²) in [6.45, 7) is 4.16. The summed E-state index contributed by atoms with van der Waals surface area (Å²) in [5.41, 5.74) is 3.11. The highest BCUT2D eigenvalue weighted by molar-refractivity contribution is 6.06. The van der Waals surface area contributed by atoms with Gasteiger partial charge in [0.2, 0.25) is 0 Å². The number of hydrogen-bond acceptors (Lipinski definition) is 5. The molecule has 33 heavy (non-hydrogen) atoms. The summed E-state index contributed by atoms with van der Waals surface area (Å²) in [4.78, 5) is 29.4. The highest BCUT2D eigenvalue weighted by Gasteiger charge is 2.22. The van der Waals surface area contributed by atoms with E-state index in [0.717, 1.165) is 38.4 Å². The molecule has 1 saturated heterocycles. The minimum absolute atomic E-state index is 0.206. The lowest BCUT2D eigenvalue weighted by Crippen LogP contribution is -2.46. The second kappa shape index (κ2) is 10.3. The van der Waals surface area contributed by atoms with E-state index in [-0.39, 0.29) is 5.56 Å². The fourth-order valence-electron chi connectivity index (χ4n) is 3.97. The lowest BCUT2D eigenvalue weighted by Gasteiger charge is -2.37. The van der Waals surface area contributed by atoms with Crippen molar-refractivity contribution in [3.8, 4) is 0 Å². The van der Waals surface area contributed by atoms with Crippen LogP contribution in [0.15, 0.2) is 72.8 Å². The first kappa shape index (κ1) is 22.5. The Morgan fingerprint density at radius 3 is 2.36 bits per heavy atom. The number of hydrogen-bond donors (Lipinski definition) is 1. The molecular weight excluding hydrogens is 421 g/mol. The molecule has 0 atom stereocenters. The van der Waals surface area contributed by atoms with Crippen LogP contribution in [0.3, 0.4) is 0 Å². The van der Waals surface area contributed by atoms with E-state index in [2.05, 4.69) is 27.2 Å². The van der Waals surface area contributed by atoms with Gasteiger partial charge in [-0.15, -0.1) is 0 Å². The smallest absolute Gasteiger partial charge is 0.337 e. The largest absolute Gasteiger partial charge is 0.465 e. The first-order chi connectivity index (χ1) is 16.0. The van der Waals surface area contributed by atoms with Crippen LogP contribution in [-0.4, -0.2) is 50.1 Å². The molecule has 1 heterocycles. The number of esters is 1. The second-order valence-corrected chi connectivity index (χ2v) is 7.94.